The minimum Gasteiger partial charge on any atom is -0.356 e. The molecule has 2 saturated heterocycles. The molecule has 3 aliphatic rings. The van der Waals surface area contributed by atoms with Crippen LogP contribution in [0.4, 0.5) is 0 Å². The second-order valence-corrected chi connectivity index (χ2v) is 11.1. The first kappa shape index (κ1) is 22.3. The Morgan fingerprint density at radius 1 is 0.935 bits per heavy atom. The third-order valence-corrected chi connectivity index (χ3v) is 8.72. The summed E-state index contributed by atoms with van der Waals surface area (Å²) in [6.07, 6.45) is 11.3. The second-order valence-electron chi connectivity index (χ2n) is 9.15. The van der Waals surface area contributed by atoms with Crippen LogP contribution in [0.1, 0.15) is 74.7 Å². The first-order valence-corrected chi connectivity index (χ1v) is 13.2. The molecular weight excluding hydrogens is 416 g/mol. The van der Waals surface area contributed by atoms with Crippen LogP contribution in [0.2, 0.25) is 0 Å². The predicted molar refractivity (Wildman–Crippen MR) is 117 cm³/mol. The lowest BCUT2D eigenvalue weighted by Gasteiger charge is -2.31. The summed E-state index contributed by atoms with van der Waals surface area (Å²) in [6, 6.07) is 1.68. The molecule has 172 valence electrons. The molecule has 3 fully saturated rings. The van der Waals surface area contributed by atoms with E-state index in [1.54, 1.807) is 4.90 Å². The van der Waals surface area contributed by atoms with Crippen LogP contribution >= 0.6 is 0 Å². The molecule has 2 amide bonds. The van der Waals surface area contributed by atoms with Crippen LogP contribution in [0.5, 0.6) is 0 Å². The number of rotatable bonds is 5. The zero-order valence-corrected chi connectivity index (χ0v) is 19.0. The normalized spacial score (nSPS) is 24.1. The smallest absolute Gasteiger partial charge is 0.270 e. The van der Waals surface area contributed by atoms with E-state index in [4.69, 9.17) is 0 Å². The molecule has 1 aliphatic carbocycles. The number of hydrogen-bond donors (Lipinski definition) is 2. The number of nitrogens with one attached hydrogen (secondary N) is 2. The maximum atomic E-state index is 13.2. The number of likely N-dealkylation sites (tertiary alicyclic amines) is 1. The van der Waals surface area contributed by atoms with Crippen molar-refractivity contribution in [1.29, 1.82) is 0 Å². The molecule has 1 atom stereocenters. The Balaban J connectivity index is 1.41. The molecule has 1 saturated carbocycles. The van der Waals surface area contributed by atoms with Crippen molar-refractivity contribution < 1.29 is 18.0 Å². The SMILES string of the molecule is O=C(NC1CCCC1)[C@@H]1CCCN(S(=O)(=O)c2c[nH]c(C(=O)N3CCCCCC3)c2)C1. The molecule has 0 radical (unpaired) electrons. The van der Waals surface area contributed by atoms with Crippen LogP contribution in [-0.4, -0.2) is 66.6 Å². The second kappa shape index (κ2) is 9.73. The number of aromatic amines is 1. The molecule has 0 unspecified atom stereocenters. The van der Waals surface area contributed by atoms with Gasteiger partial charge in [-0.2, -0.15) is 4.31 Å². The molecule has 3 heterocycles. The molecule has 8 nitrogen and oxygen atoms in total. The van der Waals surface area contributed by atoms with Crippen molar-refractivity contribution in [3.05, 3.63) is 18.0 Å². The summed E-state index contributed by atoms with van der Waals surface area (Å²) >= 11 is 0. The standard InChI is InChI=1S/C22H34N4O4S/c27-21(24-18-9-3-4-10-18)17-8-7-13-26(16-17)31(29,30)19-14-20(23-15-19)22(28)25-11-5-1-2-6-12-25/h14-15,17-18,23H,1-13,16H2,(H,24,27)/t17-/m1/s1. The molecule has 0 aromatic carbocycles. The maximum absolute atomic E-state index is 13.2. The Morgan fingerprint density at radius 2 is 1.65 bits per heavy atom. The van der Waals surface area contributed by atoms with Crippen molar-refractivity contribution in [3.8, 4) is 0 Å². The highest BCUT2D eigenvalue weighted by atomic mass is 32.2. The molecule has 4 rings (SSSR count). The molecule has 1 aromatic rings. The topological polar surface area (TPSA) is 103 Å². The molecule has 9 heteroatoms. The van der Waals surface area contributed by atoms with E-state index in [2.05, 4.69) is 10.3 Å². The van der Waals surface area contributed by atoms with Gasteiger partial charge in [-0.3, -0.25) is 9.59 Å². The number of piperidine rings is 1. The monoisotopic (exact) mass is 450 g/mol. The summed E-state index contributed by atoms with van der Waals surface area (Å²) in [5.74, 6) is -0.491. The zero-order valence-electron chi connectivity index (χ0n) is 18.1. The lowest BCUT2D eigenvalue weighted by molar-refractivity contribution is -0.126. The number of hydrogen-bond acceptors (Lipinski definition) is 4. The van der Waals surface area contributed by atoms with Gasteiger partial charge in [0, 0.05) is 38.4 Å². The molecule has 0 bridgehead atoms. The highest BCUT2D eigenvalue weighted by molar-refractivity contribution is 7.89. The van der Waals surface area contributed by atoms with Gasteiger partial charge in [0.1, 0.15) is 10.6 Å². The third-order valence-electron chi connectivity index (χ3n) is 6.87. The summed E-state index contributed by atoms with van der Waals surface area (Å²) in [5, 5.41) is 3.10. The first-order chi connectivity index (χ1) is 14.9. The Morgan fingerprint density at radius 3 is 2.35 bits per heavy atom. The van der Waals surface area contributed by atoms with Gasteiger partial charge in [-0.1, -0.05) is 25.7 Å². The Labute approximate surface area is 184 Å². The number of amides is 2. The number of carbonyl (C=O) groups excluding carboxylic acids is 2. The number of aromatic nitrogens is 1. The number of H-pyrrole nitrogens is 1. The van der Waals surface area contributed by atoms with Crippen LogP contribution in [0.15, 0.2) is 17.2 Å². The fourth-order valence-electron chi connectivity index (χ4n) is 5.00. The van der Waals surface area contributed by atoms with Crippen molar-refractivity contribution in [3.63, 3.8) is 0 Å². The lowest BCUT2D eigenvalue weighted by atomic mass is 9.98. The summed E-state index contributed by atoms with van der Waals surface area (Å²) in [6.45, 7) is 2.02. The van der Waals surface area contributed by atoms with Gasteiger partial charge in [-0.15, -0.1) is 0 Å². The molecular formula is C22H34N4O4S. The van der Waals surface area contributed by atoms with Crippen LogP contribution in [-0.2, 0) is 14.8 Å². The van der Waals surface area contributed by atoms with Crippen LogP contribution in [0, 0.1) is 5.92 Å². The molecule has 31 heavy (non-hydrogen) atoms. The van der Waals surface area contributed by atoms with Crippen molar-refractivity contribution in [1.82, 2.24) is 19.5 Å². The average Bonchev–Trinajstić information content (AvgIpc) is 3.40. The van der Waals surface area contributed by atoms with E-state index in [1.165, 1.54) is 16.6 Å². The molecule has 2 N–H and O–H groups in total. The quantitative estimate of drug-likeness (QED) is 0.719. The van der Waals surface area contributed by atoms with Gasteiger partial charge < -0.3 is 15.2 Å². The van der Waals surface area contributed by atoms with Gasteiger partial charge in [0.2, 0.25) is 15.9 Å². The Hall–Kier alpha value is -1.87. The number of nitrogens with zero attached hydrogens (tertiary/aromatic N) is 2. The Bertz CT molecular complexity index is 883. The van der Waals surface area contributed by atoms with Crippen LogP contribution in [0.25, 0.3) is 0 Å². The van der Waals surface area contributed by atoms with Gasteiger partial charge in [-0.05, 0) is 44.6 Å². The van der Waals surface area contributed by atoms with Crippen molar-refractivity contribution >= 4 is 21.8 Å². The fraction of sp³-hybridized carbons (Fsp3) is 0.727. The number of sulfonamides is 1. The van der Waals surface area contributed by atoms with Crippen molar-refractivity contribution in [2.75, 3.05) is 26.2 Å². The van der Waals surface area contributed by atoms with Gasteiger partial charge in [0.05, 0.1) is 5.92 Å². The minimum atomic E-state index is -3.75. The maximum Gasteiger partial charge on any atom is 0.270 e. The van der Waals surface area contributed by atoms with E-state index in [0.29, 0.717) is 38.2 Å². The summed E-state index contributed by atoms with van der Waals surface area (Å²) in [4.78, 5) is 30.3. The molecule has 0 spiro atoms. The summed E-state index contributed by atoms with van der Waals surface area (Å²) < 4.78 is 27.8. The van der Waals surface area contributed by atoms with Crippen LogP contribution < -0.4 is 5.32 Å². The zero-order chi connectivity index (χ0) is 21.8. The van der Waals surface area contributed by atoms with E-state index in [1.807, 2.05) is 0 Å². The molecule has 2 aliphatic heterocycles. The third kappa shape index (κ3) is 5.14. The minimum absolute atomic E-state index is 0.0297. The molecule has 1 aromatic heterocycles. The van der Waals surface area contributed by atoms with Crippen LogP contribution in [0.3, 0.4) is 0 Å². The summed E-state index contributed by atoms with van der Waals surface area (Å²) in [7, 11) is -3.75. The average molecular weight is 451 g/mol. The van der Waals surface area contributed by atoms with Crippen molar-refractivity contribution in [2.45, 2.75) is 75.1 Å². The van der Waals surface area contributed by atoms with Gasteiger partial charge in [-0.25, -0.2) is 8.42 Å². The highest BCUT2D eigenvalue weighted by Gasteiger charge is 2.35. The largest absolute Gasteiger partial charge is 0.356 e. The van der Waals surface area contributed by atoms with Crippen molar-refractivity contribution in [2.24, 2.45) is 5.92 Å². The van der Waals surface area contributed by atoms with E-state index >= 15 is 0 Å². The fourth-order valence-corrected chi connectivity index (χ4v) is 6.52. The van der Waals surface area contributed by atoms with Gasteiger partial charge in [0.25, 0.3) is 5.91 Å². The van der Waals surface area contributed by atoms with E-state index in [0.717, 1.165) is 51.4 Å². The van der Waals surface area contributed by atoms with Gasteiger partial charge >= 0.3 is 0 Å². The predicted octanol–water partition coefficient (Wildman–Crippen LogP) is 2.49. The van der Waals surface area contributed by atoms with E-state index < -0.39 is 10.0 Å². The lowest BCUT2D eigenvalue weighted by Crippen LogP contribution is -2.47. The Kier molecular flexibility index (Phi) is 7.01. The number of carbonyl (C=O) groups is 2. The first-order valence-electron chi connectivity index (χ1n) is 11.7. The van der Waals surface area contributed by atoms with E-state index in [-0.39, 0.29) is 35.2 Å². The summed E-state index contributed by atoms with van der Waals surface area (Å²) in [5.41, 5.74) is 0.313. The highest BCUT2D eigenvalue weighted by Crippen LogP contribution is 2.26. The van der Waals surface area contributed by atoms with Gasteiger partial charge in [0.15, 0.2) is 0 Å². The van der Waals surface area contributed by atoms with E-state index in [9.17, 15) is 18.0 Å².